The molecule has 0 aliphatic rings. The number of aromatic nitrogens is 2. The normalized spacial score (nSPS) is 13.1. The van der Waals surface area contributed by atoms with Crippen molar-refractivity contribution in [1.29, 1.82) is 0 Å². The third-order valence-corrected chi connectivity index (χ3v) is 3.17. The topological polar surface area (TPSA) is 46.4 Å². The third-order valence-electron chi connectivity index (χ3n) is 2.39. The highest BCUT2D eigenvalue weighted by Gasteiger charge is 2.01. The Morgan fingerprint density at radius 3 is 3.19 bits per heavy atom. The second kappa shape index (κ2) is 5.23. The fraction of sp³-hybridized carbons (Fsp3) is 0.364. The van der Waals surface area contributed by atoms with E-state index in [9.17, 15) is 4.21 Å². The van der Waals surface area contributed by atoms with Crippen molar-refractivity contribution >= 4 is 16.3 Å². The molecule has 0 radical (unpaired) electrons. The molecule has 0 amide bonds. The molecule has 16 heavy (non-hydrogen) atoms. The summed E-state index contributed by atoms with van der Waals surface area (Å²) in [6.07, 6.45) is 5.52. The van der Waals surface area contributed by atoms with Gasteiger partial charge >= 0.3 is 0 Å². The highest BCUT2D eigenvalue weighted by Crippen LogP contribution is 2.08. The number of pyridine rings is 1. The molecule has 0 spiro atoms. The molecule has 1 N–H and O–H groups in total. The van der Waals surface area contributed by atoms with Gasteiger partial charge in [0.05, 0.1) is 11.7 Å². The molecule has 2 heterocycles. The largest absolute Gasteiger partial charge is 0.312 e. The first-order chi connectivity index (χ1) is 7.77. The van der Waals surface area contributed by atoms with Crippen LogP contribution in [0.25, 0.3) is 5.52 Å². The maximum Gasteiger partial charge on any atom is 0.0706 e. The highest BCUT2D eigenvalue weighted by molar-refractivity contribution is 7.84. The second-order valence-electron chi connectivity index (χ2n) is 3.65. The summed E-state index contributed by atoms with van der Waals surface area (Å²) in [5.41, 5.74) is 2.29. The van der Waals surface area contributed by atoms with Crippen molar-refractivity contribution in [2.45, 2.75) is 6.54 Å². The van der Waals surface area contributed by atoms with Gasteiger partial charge in [0.2, 0.25) is 0 Å². The van der Waals surface area contributed by atoms with Crippen molar-refractivity contribution in [1.82, 2.24) is 14.9 Å². The molecule has 1 atom stereocenters. The molecule has 0 bridgehead atoms. The summed E-state index contributed by atoms with van der Waals surface area (Å²) in [7, 11) is -0.724. The molecule has 2 rings (SSSR count). The van der Waals surface area contributed by atoms with E-state index in [2.05, 4.69) is 10.4 Å². The van der Waals surface area contributed by atoms with Gasteiger partial charge in [0.25, 0.3) is 0 Å². The van der Waals surface area contributed by atoms with Crippen molar-refractivity contribution in [2.75, 3.05) is 18.6 Å². The van der Waals surface area contributed by atoms with Gasteiger partial charge in [0.1, 0.15) is 0 Å². The molecule has 0 aliphatic carbocycles. The Labute approximate surface area is 97.1 Å². The SMILES string of the molecule is CS(=O)CCNCc1cnn2ccccc12. The highest BCUT2D eigenvalue weighted by atomic mass is 32.2. The first kappa shape index (κ1) is 11.3. The molecule has 0 saturated carbocycles. The van der Waals surface area contributed by atoms with Gasteiger partial charge in [-0.25, -0.2) is 4.52 Å². The van der Waals surface area contributed by atoms with Crippen molar-refractivity contribution in [3.8, 4) is 0 Å². The van der Waals surface area contributed by atoms with Gasteiger partial charge in [0.15, 0.2) is 0 Å². The van der Waals surface area contributed by atoms with Crippen LogP contribution in [0.3, 0.4) is 0 Å². The molecule has 0 aromatic carbocycles. The summed E-state index contributed by atoms with van der Waals surface area (Å²) >= 11 is 0. The minimum Gasteiger partial charge on any atom is -0.312 e. The summed E-state index contributed by atoms with van der Waals surface area (Å²) < 4.78 is 12.7. The van der Waals surface area contributed by atoms with E-state index < -0.39 is 10.8 Å². The van der Waals surface area contributed by atoms with E-state index in [0.29, 0.717) is 5.75 Å². The van der Waals surface area contributed by atoms with Crippen LogP contribution < -0.4 is 5.32 Å². The standard InChI is InChI=1S/C11H15N3OS/c1-16(15)7-5-12-8-10-9-13-14-6-3-2-4-11(10)14/h2-4,6,9,12H,5,7-8H2,1H3. The molecular weight excluding hydrogens is 222 g/mol. The van der Waals surface area contributed by atoms with Gasteiger partial charge in [0, 0.05) is 47.7 Å². The number of rotatable bonds is 5. The lowest BCUT2D eigenvalue weighted by Crippen LogP contribution is -2.19. The Balaban J connectivity index is 1.97. The predicted molar refractivity (Wildman–Crippen MR) is 65.8 cm³/mol. The van der Waals surface area contributed by atoms with Crippen molar-refractivity contribution in [3.05, 3.63) is 36.2 Å². The van der Waals surface area contributed by atoms with Crippen LogP contribution in [0.15, 0.2) is 30.6 Å². The van der Waals surface area contributed by atoms with E-state index in [-0.39, 0.29) is 0 Å². The summed E-state index contributed by atoms with van der Waals surface area (Å²) in [5.74, 6) is 0.694. The van der Waals surface area contributed by atoms with Crippen LogP contribution >= 0.6 is 0 Å². The summed E-state index contributed by atoms with van der Waals surface area (Å²) in [6.45, 7) is 1.54. The van der Waals surface area contributed by atoms with Crippen LogP contribution in [-0.4, -0.2) is 32.4 Å². The lowest BCUT2D eigenvalue weighted by atomic mass is 10.2. The van der Waals surface area contributed by atoms with E-state index in [0.717, 1.165) is 18.6 Å². The monoisotopic (exact) mass is 237 g/mol. The Kier molecular flexibility index (Phi) is 3.69. The number of fused-ring (bicyclic) bond motifs is 1. The van der Waals surface area contributed by atoms with Crippen LogP contribution in [-0.2, 0) is 17.3 Å². The quantitative estimate of drug-likeness (QED) is 0.783. The van der Waals surface area contributed by atoms with E-state index in [1.807, 2.05) is 35.1 Å². The lowest BCUT2D eigenvalue weighted by Gasteiger charge is -2.01. The average molecular weight is 237 g/mol. The molecule has 0 fully saturated rings. The molecule has 0 saturated heterocycles. The molecule has 4 nitrogen and oxygen atoms in total. The van der Waals surface area contributed by atoms with Gasteiger partial charge in [-0.05, 0) is 12.1 Å². The smallest absolute Gasteiger partial charge is 0.0706 e. The minimum atomic E-state index is -0.724. The van der Waals surface area contributed by atoms with Gasteiger partial charge < -0.3 is 5.32 Å². The van der Waals surface area contributed by atoms with E-state index >= 15 is 0 Å². The molecule has 0 aliphatic heterocycles. The number of nitrogens with one attached hydrogen (secondary N) is 1. The van der Waals surface area contributed by atoms with Crippen LogP contribution in [0, 0.1) is 0 Å². The van der Waals surface area contributed by atoms with Gasteiger partial charge in [-0.2, -0.15) is 5.10 Å². The number of hydrogen-bond acceptors (Lipinski definition) is 3. The Bertz CT molecular complexity index is 495. The molecule has 86 valence electrons. The van der Waals surface area contributed by atoms with Crippen LogP contribution in [0.4, 0.5) is 0 Å². The van der Waals surface area contributed by atoms with E-state index in [4.69, 9.17) is 0 Å². The zero-order valence-corrected chi connectivity index (χ0v) is 10.0. The van der Waals surface area contributed by atoms with Crippen molar-refractivity contribution < 1.29 is 4.21 Å². The second-order valence-corrected chi connectivity index (χ2v) is 5.21. The zero-order chi connectivity index (χ0) is 11.4. The summed E-state index contributed by atoms with van der Waals surface area (Å²) in [6, 6.07) is 6.00. The van der Waals surface area contributed by atoms with Crippen LogP contribution in [0.5, 0.6) is 0 Å². The minimum absolute atomic E-state index is 0.694. The molecule has 2 aromatic rings. The molecular formula is C11H15N3OS. The summed E-state index contributed by atoms with van der Waals surface area (Å²) in [5, 5.41) is 7.51. The van der Waals surface area contributed by atoms with E-state index in [1.54, 1.807) is 6.26 Å². The van der Waals surface area contributed by atoms with Gasteiger partial charge in [-0.15, -0.1) is 0 Å². The summed E-state index contributed by atoms with van der Waals surface area (Å²) in [4.78, 5) is 0. The van der Waals surface area contributed by atoms with Crippen LogP contribution in [0.2, 0.25) is 0 Å². The fourth-order valence-corrected chi connectivity index (χ4v) is 1.99. The van der Waals surface area contributed by atoms with Gasteiger partial charge in [-0.3, -0.25) is 4.21 Å². The number of hydrogen-bond donors (Lipinski definition) is 1. The fourth-order valence-electron chi connectivity index (χ4n) is 1.56. The van der Waals surface area contributed by atoms with Crippen LogP contribution in [0.1, 0.15) is 5.56 Å². The van der Waals surface area contributed by atoms with Crippen molar-refractivity contribution in [3.63, 3.8) is 0 Å². The lowest BCUT2D eigenvalue weighted by molar-refractivity contribution is 0.677. The zero-order valence-electron chi connectivity index (χ0n) is 9.22. The average Bonchev–Trinajstić information content (AvgIpc) is 2.68. The molecule has 1 unspecified atom stereocenters. The maximum atomic E-state index is 10.9. The Morgan fingerprint density at radius 1 is 1.50 bits per heavy atom. The Hall–Kier alpha value is -1.20. The van der Waals surface area contributed by atoms with E-state index in [1.165, 1.54) is 5.56 Å². The number of nitrogens with zero attached hydrogens (tertiary/aromatic N) is 2. The first-order valence-corrected chi connectivity index (χ1v) is 6.92. The molecule has 5 heteroatoms. The predicted octanol–water partition coefficient (Wildman–Crippen LogP) is 0.802. The third kappa shape index (κ3) is 2.68. The maximum absolute atomic E-state index is 10.9. The molecule has 2 aromatic heterocycles. The van der Waals surface area contributed by atoms with Crippen molar-refractivity contribution in [2.24, 2.45) is 0 Å². The Morgan fingerprint density at radius 2 is 2.38 bits per heavy atom. The first-order valence-electron chi connectivity index (χ1n) is 5.19. The van der Waals surface area contributed by atoms with Gasteiger partial charge in [-0.1, -0.05) is 6.07 Å².